The minimum absolute atomic E-state index is 0.597. The van der Waals surface area contributed by atoms with E-state index < -0.39 is 0 Å². The summed E-state index contributed by atoms with van der Waals surface area (Å²) >= 11 is 0. The van der Waals surface area contributed by atoms with Crippen LogP contribution in [0.1, 0.15) is 31.7 Å². The predicted octanol–water partition coefficient (Wildman–Crippen LogP) is 1.92. The molecule has 0 spiro atoms. The molecule has 1 aliphatic rings. The van der Waals surface area contributed by atoms with Crippen molar-refractivity contribution < 1.29 is 0 Å². The minimum atomic E-state index is 0.597. The smallest absolute Gasteiger partial charge is 0.129 e. The third kappa shape index (κ3) is 2.12. The zero-order chi connectivity index (χ0) is 10.7. The molecular formula is C12H19N3. The molecule has 3 heteroatoms. The lowest BCUT2D eigenvalue weighted by atomic mass is 10.1. The summed E-state index contributed by atoms with van der Waals surface area (Å²) in [5.41, 5.74) is 6.81. The Balaban J connectivity index is 2.20. The van der Waals surface area contributed by atoms with Gasteiger partial charge < -0.3 is 10.6 Å². The molecule has 1 fully saturated rings. The third-order valence-corrected chi connectivity index (χ3v) is 3.19. The molecule has 1 atom stereocenters. The molecular weight excluding hydrogens is 186 g/mol. The van der Waals surface area contributed by atoms with Crippen molar-refractivity contribution in [1.82, 2.24) is 4.98 Å². The zero-order valence-electron chi connectivity index (χ0n) is 9.32. The summed E-state index contributed by atoms with van der Waals surface area (Å²) in [4.78, 5) is 6.85. The van der Waals surface area contributed by atoms with E-state index in [0.29, 0.717) is 12.6 Å². The van der Waals surface area contributed by atoms with Crippen molar-refractivity contribution in [3.63, 3.8) is 0 Å². The van der Waals surface area contributed by atoms with Gasteiger partial charge in [0.05, 0.1) is 0 Å². The fourth-order valence-electron chi connectivity index (χ4n) is 2.31. The maximum Gasteiger partial charge on any atom is 0.129 e. The summed E-state index contributed by atoms with van der Waals surface area (Å²) in [6.07, 6.45) is 5.65. The normalized spacial score (nSPS) is 20.9. The standard InChI is InChI=1S/C12H19N3/c1-2-11-4-3-7-15(11)12-8-10(9-13)5-6-14-12/h5-6,8,11H,2-4,7,9,13H2,1H3. The lowest BCUT2D eigenvalue weighted by molar-refractivity contribution is 0.640. The van der Waals surface area contributed by atoms with E-state index >= 15 is 0 Å². The van der Waals surface area contributed by atoms with E-state index in [1.807, 2.05) is 12.3 Å². The Bertz CT molecular complexity index is 324. The number of hydrogen-bond donors (Lipinski definition) is 1. The van der Waals surface area contributed by atoms with Crippen LogP contribution in [-0.4, -0.2) is 17.6 Å². The second-order valence-corrected chi connectivity index (χ2v) is 4.12. The number of anilines is 1. The summed E-state index contributed by atoms with van der Waals surface area (Å²) in [5.74, 6) is 1.10. The van der Waals surface area contributed by atoms with Crippen LogP contribution in [0.4, 0.5) is 5.82 Å². The van der Waals surface area contributed by atoms with Crippen LogP contribution in [0.25, 0.3) is 0 Å². The van der Waals surface area contributed by atoms with Crippen molar-refractivity contribution in [3.8, 4) is 0 Å². The molecule has 0 saturated carbocycles. The predicted molar refractivity (Wildman–Crippen MR) is 62.8 cm³/mol. The van der Waals surface area contributed by atoms with Crippen molar-refractivity contribution in [2.45, 2.75) is 38.8 Å². The van der Waals surface area contributed by atoms with Crippen LogP contribution < -0.4 is 10.6 Å². The largest absolute Gasteiger partial charge is 0.354 e. The Morgan fingerprint density at radius 3 is 3.20 bits per heavy atom. The van der Waals surface area contributed by atoms with Gasteiger partial charge in [-0.2, -0.15) is 0 Å². The first-order chi connectivity index (χ1) is 7.35. The lowest BCUT2D eigenvalue weighted by Crippen LogP contribution is -2.29. The van der Waals surface area contributed by atoms with Gasteiger partial charge in [0.15, 0.2) is 0 Å². The van der Waals surface area contributed by atoms with E-state index in [9.17, 15) is 0 Å². The highest BCUT2D eigenvalue weighted by molar-refractivity contribution is 5.43. The molecule has 82 valence electrons. The highest BCUT2D eigenvalue weighted by atomic mass is 15.2. The molecule has 0 aromatic carbocycles. The molecule has 1 saturated heterocycles. The van der Waals surface area contributed by atoms with Crippen LogP contribution in [0.2, 0.25) is 0 Å². The molecule has 1 unspecified atom stereocenters. The quantitative estimate of drug-likeness (QED) is 0.819. The topological polar surface area (TPSA) is 42.1 Å². The summed E-state index contributed by atoms with van der Waals surface area (Å²) in [7, 11) is 0. The third-order valence-electron chi connectivity index (χ3n) is 3.19. The van der Waals surface area contributed by atoms with Crippen LogP contribution in [0.3, 0.4) is 0 Å². The van der Waals surface area contributed by atoms with E-state index in [0.717, 1.165) is 12.4 Å². The van der Waals surface area contributed by atoms with Gasteiger partial charge in [-0.25, -0.2) is 4.98 Å². The van der Waals surface area contributed by atoms with Crippen LogP contribution in [-0.2, 0) is 6.54 Å². The van der Waals surface area contributed by atoms with Crippen LogP contribution >= 0.6 is 0 Å². The summed E-state index contributed by atoms with van der Waals surface area (Å²) in [6, 6.07) is 4.78. The average Bonchev–Trinajstić information content (AvgIpc) is 2.77. The van der Waals surface area contributed by atoms with E-state index in [1.54, 1.807) is 0 Å². The molecule has 0 aliphatic carbocycles. The van der Waals surface area contributed by atoms with E-state index in [-0.39, 0.29) is 0 Å². The highest BCUT2D eigenvalue weighted by Gasteiger charge is 2.23. The number of aromatic nitrogens is 1. The molecule has 0 radical (unpaired) electrons. The summed E-state index contributed by atoms with van der Waals surface area (Å²) in [5, 5.41) is 0. The molecule has 2 rings (SSSR count). The fraction of sp³-hybridized carbons (Fsp3) is 0.583. The van der Waals surface area contributed by atoms with Crippen molar-refractivity contribution in [3.05, 3.63) is 23.9 Å². The van der Waals surface area contributed by atoms with Crippen molar-refractivity contribution in [2.24, 2.45) is 5.73 Å². The molecule has 1 aromatic heterocycles. The van der Waals surface area contributed by atoms with Gasteiger partial charge in [-0.3, -0.25) is 0 Å². The molecule has 0 amide bonds. The fourth-order valence-corrected chi connectivity index (χ4v) is 2.31. The SMILES string of the molecule is CCC1CCCN1c1cc(CN)ccn1. The first-order valence-electron chi connectivity index (χ1n) is 5.76. The summed E-state index contributed by atoms with van der Waals surface area (Å²) in [6.45, 7) is 3.98. The van der Waals surface area contributed by atoms with E-state index in [2.05, 4.69) is 22.9 Å². The molecule has 0 bridgehead atoms. The molecule has 2 heterocycles. The maximum absolute atomic E-state index is 5.64. The van der Waals surface area contributed by atoms with Gasteiger partial charge in [-0.15, -0.1) is 0 Å². The number of rotatable bonds is 3. The van der Waals surface area contributed by atoms with Crippen LogP contribution in [0, 0.1) is 0 Å². The number of nitrogens with two attached hydrogens (primary N) is 1. The Morgan fingerprint density at radius 1 is 1.60 bits per heavy atom. The van der Waals surface area contributed by atoms with Gasteiger partial charge in [-0.05, 0) is 37.0 Å². The Morgan fingerprint density at radius 2 is 2.47 bits per heavy atom. The van der Waals surface area contributed by atoms with Crippen LogP contribution in [0.5, 0.6) is 0 Å². The van der Waals surface area contributed by atoms with Gasteiger partial charge in [0, 0.05) is 25.3 Å². The number of hydrogen-bond acceptors (Lipinski definition) is 3. The van der Waals surface area contributed by atoms with Crippen LogP contribution in [0.15, 0.2) is 18.3 Å². The first kappa shape index (κ1) is 10.4. The summed E-state index contributed by atoms with van der Waals surface area (Å²) < 4.78 is 0. The second-order valence-electron chi connectivity index (χ2n) is 4.12. The average molecular weight is 205 g/mol. The van der Waals surface area contributed by atoms with Crippen molar-refractivity contribution >= 4 is 5.82 Å². The van der Waals surface area contributed by atoms with Crippen molar-refractivity contribution in [2.75, 3.05) is 11.4 Å². The van der Waals surface area contributed by atoms with E-state index in [1.165, 1.54) is 24.8 Å². The minimum Gasteiger partial charge on any atom is -0.354 e. The lowest BCUT2D eigenvalue weighted by Gasteiger charge is -2.24. The Hall–Kier alpha value is -1.09. The van der Waals surface area contributed by atoms with Gasteiger partial charge in [0.2, 0.25) is 0 Å². The molecule has 1 aromatic rings. The van der Waals surface area contributed by atoms with E-state index in [4.69, 9.17) is 5.73 Å². The molecule has 15 heavy (non-hydrogen) atoms. The molecule has 3 nitrogen and oxygen atoms in total. The van der Waals surface area contributed by atoms with Crippen molar-refractivity contribution in [1.29, 1.82) is 0 Å². The Labute approximate surface area is 91.3 Å². The number of pyridine rings is 1. The first-order valence-corrected chi connectivity index (χ1v) is 5.76. The monoisotopic (exact) mass is 205 g/mol. The zero-order valence-corrected chi connectivity index (χ0v) is 9.32. The Kier molecular flexibility index (Phi) is 3.21. The van der Waals surface area contributed by atoms with Gasteiger partial charge >= 0.3 is 0 Å². The van der Waals surface area contributed by atoms with Gasteiger partial charge in [-0.1, -0.05) is 6.92 Å². The number of nitrogens with zero attached hydrogens (tertiary/aromatic N) is 2. The molecule has 1 aliphatic heterocycles. The van der Waals surface area contributed by atoms with Gasteiger partial charge in [0.1, 0.15) is 5.82 Å². The molecule has 2 N–H and O–H groups in total. The van der Waals surface area contributed by atoms with Gasteiger partial charge in [0.25, 0.3) is 0 Å². The highest BCUT2D eigenvalue weighted by Crippen LogP contribution is 2.25. The maximum atomic E-state index is 5.64. The second kappa shape index (κ2) is 4.62.